The Morgan fingerprint density at radius 1 is 1.35 bits per heavy atom. The van der Waals surface area contributed by atoms with Crippen molar-refractivity contribution in [1.29, 1.82) is 0 Å². The molecule has 2 rings (SSSR count). The molecule has 0 amide bonds. The van der Waals surface area contributed by atoms with Gasteiger partial charge in [0.25, 0.3) is 0 Å². The lowest BCUT2D eigenvalue weighted by atomic mass is 10.1. The van der Waals surface area contributed by atoms with Crippen LogP contribution in [0.15, 0.2) is 6.07 Å². The number of anilines is 1. The molecular formula is C15H26N4O. The van der Waals surface area contributed by atoms with Gasteiger partial charge in [-0.2, -0.15) is 4.98 Å². The van der Waals surface area contributed by atoms with E-state index in [4.69, 9.17) is 10.5 Å². The highest BCUT2D eigenvalue weighted by molar-refractivity contribution is 5.36. The van der Waals surface area contributed by atoms with Crippen LogP contribution in [0.2, 0.25) is 0 Å². The third-order valence-corrected chi connectivity index (χ3v) is 3.58. The van der Waals surface area contributed by atoms with E-state index in [-0.39, 0.29) is 6.10 Å². The second kappa shape index (κ2) is 6.88. The van der Waals surface area contributed by atoms with Crippen LogP contribution in [0.1, 0.15) is 45.2 Å². The fourth-order valence-corrected chi connectivity index (χ4v) is 2.64. The van der Waals surface area contributed by atoms with Gasteiger partial charge in [-0.1, -0.05) is 12.8 Å². The molecule has 1 saturated heterocycles. The van der Waals surface area contributed by atoms with Crippen molar-refractivity contribution in [2.24, 2.45) is 5.73 Å². The maximum Gasteiger partial charge on any atom is 0.229 e. The number of ether oxygens (including phenoxy) is 1. The first-order valence-corrected chi connectivity index (χ1v) is 7.59. The lowest BCUT2D eigenvalue weighted by Crippen LogP contribution is -2.41. The molecule has 0 aliphatic carbocycles. The molecule has 1 fully saturated rings. The first kappa shape index (κ1) is 15.0. The topological polar surface area (TPSA) is 64.3 Å². The van der Waals surface area contributed by atoms with Gasteiger partial charge in [-0.15, -0.1) is 0 Å². The normalized spacial score (nSPS) is 20.1. The Labute approximate surface area is 121 Å². The molecule has 5 heteroatoms. The molecule has 1 aliphatic rings. The molecule has 5 nitrogen and oxygen atoms in total. The molecule has 1 aromatic heterocycles. The highest BCUT2D eigenvalue weighted by Crippen LogP contribution is 2.23. The second-order valence-corrected chi connectivity index (χ2v) is 5.75. The molecule has 1 aromatic rings. The highest BCUT2D eigenvalue weighted by atomic mass is 16.5. The van der Waals surface area contributed by atoms with Crippen LogP contribution >= 0.6 is 0 Å². The summed E-state index contributed by atoms with van der Waals surface area (Å²) in [5.74, 6) is 1.42. The van der Waals surface area contributed by atoms with Crippen LogP contribution in [0, 0.1) is 6.92 Å². The minimum absolute atomic E-state index is 0.117. The number of rotatable bonds is 4. The molecule has 1 aliphatic heterocycles. The average Bonchev–Trinajstić information content (AvgIpc) is 2.61. The van der Waals surface area contributed by atoms with Crippen molar-refractivity contribution in [1.82, 2.24) is 9.97 Å². The molecule has 1 unspecified atom stereocenters. The maximum absolute atomic E-state index is 5.93. The van der Waals surface area contributed by atoms with Crippen molar-refractivity contribution in [3.8, 4) is 5.88 Å². The fourth-order valence-electron chi connectivity index (χ4n) is 2.64. The standard InChI is InChI=1S/C15H26N4O/c1-11(2)20-14-9-12(3)17-15(18-14)19-8-6-4-5-7-13(19)10-16/h9,11,13H,4-8,10,16H2,1-3H3. The summed E-state index contributed by atoms with van der Waals surface area (Å²) in [5, 5.41) is 0. The summed E-state index contributed by atoms with van der Waals surface area (Å²) in [4.78, 5) is 11.4. The number of nitrogens with zero attached hydrogens (tertiary/aromatic N) is 3. The van der Waals surface area contributed by atoms with Crippen molar-refractivity contribution in [2.75, 3.05) is 18.0 Å². The molecule has 0 aromatic carbocycles. The van der Waals surface area contributed by atoms with Crippen molar-refractivity contribution in [3.63, 3.8) is 0 Å². The van der Waals surface area contributed by atoms with Gasteiger partial charge in [-0.05, 0) is 33.6 Å². The lowest BCUT2D eigenvalue weighted by molar-refractivity contribution is 0.232. The zero-order chi connectivity index (χ0) is 14.5. The lowest BCUT2D eigenvalue weighted by Gasteiger charge is -2.29. The summed E-state index contributed by atoms with van der Waals surface area (Å²) in [6.45, 7) is 7.62. The third-order valence-electron chi connectivity index (χ3n) is 3.58. The first-order valence-electron chi connectivity index (χ1n) is 7.59. The number of hydrogen-bond donors (Lipinski definition) is 1. The van der Waals surface area contributed by atoms with Crippen LogP contribution in [-0.2, 0) is 0 Å². The van der Waals surface area contributed by atoms with Crippen LogP contribution < -0.4 is 15.4 Å². The van der Waals surface area contributed by atoms with Gasteiger partial charge in [0.2, 0.25) is 11.8 Å². The number of aromatic nitrogens is 2. The summed E-state index contributed by atoms with van der Waals surface area (Å²) in [7, 11) is 0. The van der Waals surface area contributed by atoms with Gasteiger partial charge in [0, 0.05) is 30.9 Å². The third kappa shape index (κ3) is 3.82. The maximum atomic E-state index is 5.93. The summed E-state index contributed by atoms with van der Waals surface area (Å²) in [6, 6.07) is 2.23. The van der Waals surface area contributed by atoms with Crippen molar-refractivity contribution < 1.29 is 4.74 Å². The SMILES string of the molecule is Cc1cc(OC(C)C)nc(N2CCCCCC2CN)n1. The zero-order valence-corrected chi connectivity index (χ0v) is 12.8. The second-order valence-electron chi connectivity index (χ2n) is 5.75. The predicted octanol–water partition coefficient (Wildman–Crippen LogP) is 2.28. The summed E-state index contributed by atoms with van der Waals surface area (Å²) >= 11 is 0. The Morgan fingerprint density at radius 2 is 2.15 bits per heavy atom. The monoisotopic (exact) mass is 278 g/mol. The summed E-state index contributed by atoms with van der Waals surface area (Å²) in [5.41, 5.74) is 6.86. The van der Waals surface area contributed by atoms with Crippen LogP contribution in [0.4, 0.5) is 5.95 Å². The quantitative estimate of drug-likeness (QED) is 0.915. The molecular weight excluding hydrogens is 252 g/mol. The van der Waals surface area contributed by atoms with Crippen LogP contribution in [-0.4, -0.2) is 35.2 Å². The van der Waals surface area contributed by atoms with Gasteiger partial charge >= 0.3 is 0 Å². The van der Waals surface area contributed by atoms with E-state index >= 15 is 0 Å². The van der Waals surface area contributed by atoms with Gasteiger partial charge in [0.05, 0.1) is 6.10 Å². The number of hydrogen-bond acceptors (Lipinski definition) is 5. The smallest absolute Gasteiger partial charge is 0.229 e. The molecule has 0 radical (unpaired) electrons. The largest absolute Gasteiger partial charge is 0.475 e. The van der Waals surface area contributed by atoms with E-state index in [1.807, 2.05) is 26.8 Å². The molecule has 20 heavy (non-hydrogen) atoms. The van der Waals surface area contributed by atoms with Gasteiger partial charge in [-0.3, -0.25) is 0 Å². The number of nitrogens with two attached hydrogens (primary N) is 1. The van der Waals surface area contributed by atoms with E-state index < -0.39 is 0 Å². The van der Waals surface area contributed by atoms with Gasteiger partial charge in [0.15, 0.2) is 0 Å². The Bertz CT molecular complexity index is 436. The van der Waals surface area contributed by atoms with E-state index in [1.165, 1.54) is 19.3 Å². The summed E-state index contributed by atoms with van der Waals surface area (Å²) in [6.07, 6.45) is 4.90. The van der Waals surface area contributed by atoms with Gasteiger partial charge < -0.3 is 15.4 Å². The van der Waals surface area contributed by atoms with E-state index in [0.29, 0.717) is 18.5 Å². The molecule has 0 bridgehead atoms. The Morgan fingerprint density at radius 3 is 2.85 bits per heavy atom. The molecule has 1 atom stereocenters. The van der Waals surface area contributed by atoms with Crippen molar-refractivity contribution in [3.05, 3.63) is 11.8 Å². The number of aryl methyl sites for hydroxylation is 1. The van der Waals surface area contributed by atoms with E-state index in [1.54, 1.807) is 0 Å². The van der Waals surface area contributed by atoms with Crippen LogP contribution in [0.3, 0.4) is 0 Å². The molecule has 0 spiro atoms. The molecule has 2 N–H and O–H groups in total. The molecule has 0 saturated carbocycles. The highest BCUT2D eigenvalue weighted by Gasteiger charge is 2.23. The van der Waals surface area contributed by atoms with Gasteiger partial charge in [0.1, 0.15) is 0 Å². The molecule has 2 heterocycles. The van der Waals surface area contributed by atoms with Crippen molar-refractivity contribution >= 4 is 5.95 Å². The predicted molar refractivity (Wildman–Crippen MR) is 81.2 cm³/mol. The van der Waals surface area contributed by atoms with Crippen LogP contribution in [0.25, 0.3) is 0 Å². The van der Waals surface area contributed by atoms with E-state index in [9.17, 15) is 0 Å². The first-order chi connectivity index (χ1) is 9.60. The fraction of sp³-hybridized carbons (Fsp3) is 0.733. The minimum atomic E-state index is 0.117. The Balaban J connectivity index is 2.26. The van der Waals surface area contributed by atoms with Gasteiger partial charge in [-0.25, -0.2) is 4.98 Å². The summed E-state index contributed by atoms with van der Waals surface area (Å²) < 4.78 is 5.72. The zero-order valence-electron chi connectivity index (χ0n) is 12.8. The van der Waals surface area contributed by atoms with Crippen LogP contribution in [0.5, 0.6) is 5.88 Å². The Kier molecular flexibility index (Phi) is 5.17. The van der Waals surface area contributed by atoms with E-state index in [2.05, 4.69) is 14.9 Å². The van der Waals surface area contributed by atoms with E-state index in [0.717, 1.165) is 24.6 Å². The minimum Gasteiger partial charge on any atom is -0.475 e. The van der Waals surface area contributed by atoms with Crippen molar-refractivity contribution in [2.45, 2.75) is 58.6 Å². The molecule has 112 valence electrons. The Hall–Kier alpha value is -1.36. The average molecular weight is 278 g/mol.